The first kappa shape index (κ1) is 16.1. The molecule has 0 bridgehead atoms. The van der Waals surface area contributed by atoms with E-state index in [9.17, 15) is 4.79 Å². The summed E-state index contributed by atoms with van der Waals surface area (Å²) in [6, 6.07) is 1.83. The van der Waals surface area contributed by atoms with Gasteiger partial charge in [0.1, 0.15) is 0 Å². The number of hydrogen-bond donors (Lipinski definition) is 1. The van der Waals surface area contributed by atoms with E-state index >= 15 is 0 Å². The normalized spacial score (nSPS) is 11.6. The molecule has 1 N–H and O–H groups in total. The van der Waals surface area contributed by atoms with Crippen molar-refractivity contribution in [1.82, 2.24) is 5.32 Å². The topological polar surface area (TPSA) is 29.1 Å². The van der Waals surface area contributed by atoms with Gasteiger partial charge in [-0.25, -0.2) is 0 Å². The molecule has 0 radical (unpaired) electrons. The lowest BCUT2D eigenvalue weighted by atomic mass is 10.0. The number of hydrogen-bond acceptors (Lipinski definition) is 2. The van der Waals surface area contributed by atoms with Crippen LogP contribution < -0.4 is 5.32 Å². The predicted molar refractivity (Wildman–Crippen MR) is 87.8 cm³/mol. The Morgan fingerprint density at radius 2 is 2.00 bits per heavy atom. The third-order valence-electron chi connectivity index (χ3n) is 2.44. The Kier molecular flexibility index (Phi) is 6.67. The number of carbonyl (C=O) groups excluding carboxylic acids is 1. The quantitative estimate of drug-likeness (QED) is 0.556. The summed E-state index contributed by atoms with van der Waals surface area (Å²) in [6.45, 7) is 2.06. The van der Waals surface area contributed by atoms with Crippen molar-refractivity contribution in [3.63, 3.8) is 0 Å². The highest BCUT2D eigenvalue weighted by Crippen LogP contribution is 2.32. The number of amides is 1. The monoisotopic (exact) mass is 509 g/mol. The van der Waals surface area contributed by atoms with Crippen LogP contribution in [0.15, 0.2) is 14.3 Å². The second-order valence-corrected chi connectivity index (χ2v) is 7.93. The lowest BCUT2D eigenvalue weighted by Crippen LogP contribution is -2.50. The molecule has 0 spiro atoms. The first-order valence-corrected chi connectivity index (χ1v) is 9.52. The van der Waals surface area contributed by atoms with E-state index in [1.807, 2.05) is 6.07 Å². The molecule has 1 aromatic rings. The van der Waals surface area contributed by atoms with Crippen molar-refractivity contribution in [3.8, 4) is 0 Å². The van der Waals surface area contributed by atoms with Gasteiger partial charge >= 0.3 is 0 Å². The summed E-state index contributed by atoms with van der Waals surface area (Å²) < 4.78 is 1.84. The van der Waals surface area contributed by atoms with E-state index in [2.05, 4.69) is 76.0 Å². The average Bonchev–Trinajstić information content (AvgIpc) is 2.67. The molecular formula is C10H11Br4NOS. The van der Waals surface area contributed by atoms with Crippen LogP contribution in [0.4, 0.5) is 0 Å². The van der Waals surface area contributed by atoms with E-state index < -0.39 is 0 Å². The van der Waals surface area contributed by atoms with Crippen LogP contribution in [0.3, 0.4) is 0 Å². The van der Waals surface area contributed by atoms with Gasteiger partial charge in [0.25, 0.3) is 5.91 Å². The number of rotatable bonds is 5. The minimum Gasteiger partial charge on any atom is -0.344 e. The molecule has 1 heterocycles. The number of nitrogens with one attached hydrogen (secondary N) is 1. The van der Waals surface area contributed by atoms with E-state index in [1.165, 1.54) is 11.3 Å². The molecule has 0 fully saturated rings. The van der Waals surface area contributed by atoms with Crippen LogP contribution in [0, 0.1) is 0 Å². The average molecular weight is 513 g/mol. The molecule has 0 atom stereocenters. The Balaban J connectivity index is 2.84. The lowest BCUT2D eigenvalue weighted by molar-refractivity contribution is 0.0919. The van der Waals surface area contributed by atoms with Crippen LogP contribution in [0.2, 0.25) is 0 Å². The molecule has 96 valence electrons. The smallest absolute Gasteiger partial charge is 0.261 e. The van der Waals surface area contributed by atoms with Crippen LogP contribution in [-0.2, 0) is 0 Å². The maximum absolute atomic E-state index is 12.1. The third-order valence-corrected chi connectivity index (χ3v) is 7.84. The summed E-state index contributed by atoms with van der Waals surface area (Å²) in [4.78, 5) is 12.8. The maximum atomic E-state index is 12.1. The van der Waals surface area contributed by atoms with Crippen molar-refractivity contribution >= 4 is 81.0 Å². The van der Waals surface area contributed by atoms with Gasteiger partial charge in [0.15, 0.2) is 0 Å². The Morgan fingerprint density at radius 3 is 2.35 bits per heavy atom. The molecule has 0 unspecified atom stereocenters. The van der Waals surface area contributed by atoms with Gasteiger partial charge in [0.2, 0.25) is 0 Å². The zero-order valence-electron chi connectivity index (χ0n) is 9.03. The second kappa shape index (κ2) is 7.03. The molecule has 0 saturated carbocycles. The molecule has 2 nitrogen and oxygen atoms in total. The Morgan fingerprint density at radius 1 is 1.41 bits per heavy atom. The zero-order chi connectivity index (χ0) is 13.1. The number of halogens is 4. The van der Waals surface area contributed by atoms with Crippen molar-refractivity contribution < 1.29 is 4.79 Å². The van der Waals surface area contributed by atoms with Gasteiger partial charge in [-0.15, -0.1) is 11.3 Å². The molecule has 0 aromatic carbocycles. The van der Waals surface area contributed by atoms with Gasteiger partial charge in [-0.1, -0.05) is 38.8 Å². The highest BCUT2D eigenvalue weighted by atomic mass is 79.9. The van der Waals surface area contributed by atoms with Crippen molar-refractivity contribution in [2.75, 3.05) is 10.7 Å². The third kappa shape index (κ3) is 4.03. The zero-order valence-corrected chi connectivity index (χ0v) is 16.2. The molecule has 17 heavy (non-hydrogen) atoms. The molecule has 1 aromatic heterocycles. The van der Waals surface area contributed by atoms with Gasteiger partial charge in [-0.2, -0.15) is 0 Å². The van der Waals surface area contributed by atoms with Crippen molar-refractivity contribution in [2.45, 2.75) is 18.9 Å². The Hall–Kier alpha value is 1.09. The molecule has 7 heteroatoms. The van der Waals surface area contributed by atoms with Crippen LogP contribution in [0.25, 0.3) is 0 Å². The standard InChI is InChI=1S/C10H11Br4NOS/c1-2-10(4-11,5-12)15-9(16)7-3-6(13)8(14)17-7/h3H,2,4-5H2,1H3,(H,15,16). The first-order valence-electron chi connectivity index (χ1n) is 4.87. The minimum atomic E-state index is -0.236. The molecule has 1 rings (SSSR count). The Labute approximate surface area is 138 Å². The summed E-state index contributed by atoms with van der Waals surface area (Å²) in [5, 5.41) is 4.52. The lowest BCUT2D eigenvalue weighted by Gasteiger charge is -2.29. The van der Waals surface area contributed by atoms with E-state index in [4.69, 9.17) is 0 Å². The highest BCUT2D eigenvalue weighted by molar-refractivity contribution is 9.13. The molecule has 1 amide bonds. The molecule has 0 aliphatic heterocycles. The number of thiophene rings is 1. The summed E-state index contributed by atoms with van der Waals surface area (Å²) in [7, 11) is 0. The maximum Gasteiger partial charge on any atom is 0.261 e. The SMILES string of the molecule is CCC(CBr)(CBr)NC(=O)c1cc(Br)c(Br)s1. The van der Waals surface area contributed by atoms with Gasteiger partial charge in [0.05, 0.1) is 14.2 Å². The van der Waals surface area contributed by atoms with Crippen LogP contribution in [-0.4, -0.2) is 22.1 Å². The van der Waals surface area contributed by atoms with Crippen molar-refractivity contribution in [1.29, 1.82) is 0 Å². The second-order valence-electron chi connectivity index (χ2n) is 3.59. The fourth-order valence-corrected chi connectivity index (χ4v) is 5.07. The fourth-order valence-electron chi connectivity index (χ4n) is 1.14. The van der Waals surface area contributed by atoms with E-state index in [0.717, 1.165) is 25.3 Å². The van der Waals surface area contributed by atoms with Gasteiger partial charge in [-0.3, -0.25) is 4.79 Å². The summed E-state index contributed by atoms with van der Waals surface area (Å²) in [5.41, 5.74) is -0.236. The first-order chi connectivity index (χ1) is 7.98. The van der Waals surface area contributed by atoms with Gasteiger partial charge in [0, 0.05) is 15.1 Å². The fraction of sp³-hybridized carbons (Fsp3) is 0.500. The van der Waals surface area contributed by atoms with Crippen LogP contribution in [0.1, 0.15) is 23.0 Å². The van der Waals surface area contributed by atoms with Crippen LogP contribution in [0.5, 0.6) is 0 Å². The van der Waals surface area contributed by atoms with Gasteiger partial charge in [-0.05, 0) is 44.3 Å². The molecule has 0 aliphatic carbocycles. The van der Waals surface area contributed by atoms with Crippen molar-refractivity contribution in [2.24, 2.45) is 0 Å². The molecular weight excluding hydrogens is 502 g/mol. The number of carbonyl (C=O) groups is 1. The summed E-state index contributed by atoms with van der Waals surface area (Å²) in [6.07, 6.45) is 0.864. The van der Waals surface area contributed by atoms with E-state index in [0.29, 0.717) is 4.88 Å². The Bertz CT molecular complexity index is 375. The predicted octanol–water partition coefficient (Wildman–Crippen LogP) is 4.94. The highest BCUT2D eigenvalue weighted by Gasteiger charge is 2.28. The van der Waals surface area contributed by atoms with E-state index in [-0.39, 0.29) is 11.4 Å². The largest absolute Gasteiger partial charge is 0.344 e. The molecule has 0 aliphatic rings. The summed E-state index contributed by atoms with van der Waals surface area (Å²) >= 11 is 15.1. The number of alkyl halides is 2. The van der Waals surface area contributed by atoms with Crippen LogP contribution >= 0.6 is 75.1 Å². The minimum absolute atomic E-state index is 0.0397. The van der Waals surface area contributed by atoms with Crippen molar-refractivity contribution in [3.05, 3.63) is 19.2 Å². The summed E-state index contributed by atoms with van der Waals surface area (Å²) in [5.74, 6) is -0.0397. The van der Waals surface area contributed by atoms with E-state index in [1.54, 1.807) is 0 Å². The van der Waals surface area contributed by atoms with Gasteiger partial charge < -0.3 is 5.32 Å². The molecule has 0 saturated heterocycles.